The van der Waals surface area contributed by atoms with Crippen molar-refractivity contribution >= 4 is 39.7 Å². The van der Waals surface area contributed by atoms with Crippen LogP contribution in [0.25, 0.3) is 0 Å². The van der Waals surface area contributed by atoms with E-state index in [9.17, 15) is 0 Å². The molecule has 0 unspecified atom stereocenters. The molecule has 1 aromatic heterocycles. The lowest BCUT2D eigenvalue weighted by atomic mass is 10.5. The van der Waals surface area contributed by atoms with Gasteiger partial charge in [-0.1, -0.05) is 28.4 Å². The van der Waals surface area contributed by atoms with Crippen LogP contribution in [0.4, 0.5) is 0 Å². The first-order chi connectivity index (χ1) is 4.74. The monoisotopic (exact) mass is 195 g/mol. The summed E-state index contributed by atoms with van der Waals surface area (Å²) in [6, 6.07) is 3.38. The van der Waals surface area contributed by atoms with E-state index >= 15 is 0 Å². The molecule has 10 heavy (non-hydrogen) atoms. The van der Waals surface area contributed by atoms with Gasteiger partial charge in [-0.15, -0.1) is 11.3 Å². The summed E-state index contributed by atoms with van der Waals surface area (Å²) in [4.78, 5) is 0.661. The van der Waals surface area contributed by atoms with Gasteiger partial charge < -0.3 is 5.21 Å². The Morgan fingerprint density at radius 2 is 2.30 bits per heavy atom. The minimum Gasteiger partial charge on any atom is -0.410 e. The molecule has 0 spiro atoms. The number of nitrogens with zero attached hydrogens (tertiary/aromatic N) is 1. The third-order valence-electron chi connectivity index (χ3n) is 0.864. The van der Waals surface area contributed by atoms with Crippen LogP contribution in [-0.4, -0.2) is 10.4 Å². The zero-order valence-electron chi connectivity index (χ0n) is 4.71. The highest BCUT2D eigenvalue weighted by atomic mass is 35.5. The van der Waals surface area contributed by atoms with Crippen molar-refractivity contribution in [2.24, 2.45) is 5.16 Å². The highest BCUT2D eigenvalue weighted by molar-refractivity contribution is 7.19. The van der Waals surface area contributed by atoms with Crippen LogP contribution in [0.1, 0.15) is 4.88 Å². The molecule has 0 bridgehead atoms. The normalized spacial score (nSPS) is 12.0. The fourth-order valence-corrected chi connectivity index (χ4v) is 1.57. The lowest BCUT2D eigenvalue weighted by molar-refractivity contribution is 0.321. The van der Waals surface area contributed by atoms with E-state index in [1.165, 1.54) is 11.3 Å². The molecule has 1 heterocycles. The van der Waals surface area contributed by atoms with Gasteiger partial charge in [0.05, 0.1) is 9.21 Å². The maximum absolute atomic E-state index is 8.22. The zero-order valence-corrected chi connectivity index (χ0v) is 7.04. The maximum Gasteiger partial charge on any atom is 0.185 e. The number of hydrogen-bond acceptors (Lipinski definition) is 3. The number of rotatable bonds is 1. The summed E-state index contributed by atoms with van der Waals surface area (Å²) >= 11 is 12.3. The standard InChI is InChI=1S/C5H3Cl2NOS/c6-4-2-1-3(10-4)5(7)8-9/h1-2,9H/b8-5-. The molecule has 0 aliphatic carbocycles. The van der Waals surface area contributed by atoms with Crippen molar-refractivity contribution in [3.63, 3.8) is 0 Å². The molecule has 1 aromatic rings. The first-order valence-corrected chi connectivity index (χ1v) is 3.94. The van der Waals surface area contributed by atoms with Gasteiger partial charge in [0.15, 0.2) is 5.17 Å². The maximum atomic E-state index is 8.22. The summed E-state index contributed by atoms with van der Waals surface area (Å²) in [5.74, 6) is 0. The predicted octanol–water partition coefficient (Wildman–Crippen LogP) is 2.78. The molecule has 0 aromatic carbocycles. The Morgan fingerprint density at radius 3 is 2.70 bits per heavy atom. The quantitative estimate of drug-likeness (QED) is 0.418. The topological polar surface area (TPSA) is 32.6 Å². The molecule has 0 fully saturated rings. The van der Waals surface area contributed by atoms with Crippen molar-refractivity contribution in [2.45, 2.75) is 0 Å². The molecule has 5 heteroatoms. The van der Waals surface area contributed by atoms with E-state index in [2.05, 4.69) is 5.16 Å². The summed E-state index contributed by atoms with van der Waals surface area (Å²) in [6.45, 7) is 0. The van der Waals surface area contributed by atoms with Crippen LogP contribution in [0.2, 0.25) is 4.34 Å². The van der Waals surface area contributed by atoms with Crippen molar-refractivity contribution in [3.05, 3.63) is 21.3 Å². The van der Waals surface area contributed by atoms with Gasteiger partial charge in [0.1, 0.15) is 0 Å². The SMILES string of the molecule is O/N=C(\Cl)c1ccc(Cl)s1. The van der Waals surface area contributed by atoms with E-state index in [0.29, 0.717) is 9.21 Å². The van der Waals surface area contributed by atoms with Gasteiger partial charge in [0.2, 0.25) is 0 Å². The first-order valence-electron chi connectivity index (χ1n) is 2.37. The van der Waals surface area contributed by atoms with Gasteiger partial charge in [0.25, 0.3) is 0 Å². The van der Waals surface area contributed by atoms with Gasteiger partial charge >= 0.3 is 0 Å². The molecule has 0 amide bonds. The number of thiophene rings is 1. The molecule has 0 saturated heterocycles. The van der Waals surface area contributed by atoms with Crippen molar-refractivity contribution in [3.8, 4) is 0 Å². The van der Waals surface area contributed by atoms with Crippen LogP contribution < -0.4 is 0 Å². The fourth-order valence-electron chi connectivity index (χ4n) is 0.474. The molecule has 1 rings (SSSR count). The molecule has 0 saturated carbocycles. The number of hydrogen-bond donors (Lipinski definition) is 1. The smallest absolute Gasteiger partial charge is 0.185 e. The van der Waals surface area contributed by atoms with Crippen molar-refractivity contribution in [2.75, 3.05) is 0 Å². The van der Waals surface area contributed by atoms with Crippen molar-refractivity contribution in [1.29, 1.82) is 0 Å². The van der Waals surface area contributed by atoms with Crippen LogP contribution in [0.15, 0.2) is 17.3 Å². The highest BCUT2D eigenvalue weighted by Crippen LogP contribution is 2.22. The Balaban J connectivity index is 2.95. The minimum absolute atomic E-state index is 0.0666. The summed E-state index contributed by atoms with van der Waals surface area (Å²) < 4.78 is 0.622. The molecule has 54 valence electrons. The molecule has 0 aliphatic rings. The summed E-state index contributed by atoms with van der Waals surface area (Å²) in [6.07, 6.45) is 0. The van der Waals surface area contributed by atoms with E-state index in [1.807, 2.05) is 0 Å². The summed E-state index contributed by atoms with van der Waals surface area (Å²) in [7, 11) is 0. The highest BCUT2D eigenvalue weighted by Gasteiger charge is 2.02. The molecule has 1 N–H and O–H groups in total. The Bertz CT molecular complexity index is 258. The van der Waals surface area contributed by atoms with Crippen LogP contribution in [0.3, 0.4) is 0 Å². The van der Waals surface area contributed by atoms with Crippen LogP contribution >= 0.6 is 34.5 Å². The second-order valence-corrected chi connectivity index (χ2v) is 3.57. The van der Waals surface area contributed by atoms with Gasteiger partial charge in [-0.3, -0.25) is 0 Å². The molecular weight excluding hydrogens is 193 g/mol. The third kappa shape index (κ3) is 1.62. The third-order valence-corrected chi connectivity index (χ3v) is 2.49. The number of halogens is 2. The van der Waals surface area contributed by atoms with E-state index < -0.39 is 0 Å². The predicted molar refractivity (Wildman–Crippen MR) is 43.5 cm³/mol. The Morgan fingerprint density at radius 1 is 1.60 bits per heavy atom. The second-order valence-electron chi connectivity index (χ2n) is 1.49. The zero-order chi connectivity index (χ0) is 7.56. The lowest BCUT2D eigenvalue weighted by Gasteiger charge is -1.84. The van der Waals surface area contributed by atoms with E-state index in [1.54, 1.807) is 12.1 Å². The Kier molecular flexibility index (Phi) is 2.54. The van der Waals surface area contributed by atoms with Crippen molar-refractivity contribution < 1.29 is 5.21 Å². The molecular formula is C5H3Cl2NOS. The van der Waals surface area contributed by atoms with E-state index in [-0.39, 0.29) is 5.17 Å². The number of oxime groups is 1. The average Bonchev–Trinajstić information content (AvgIpc) is 2.34. The van der Waals surface area contributed by atoms with E-state index in [4.69, 9.17) is 28.4 Å². The molecule has 0 radical (unpaired) electrons. The van der Waals surface area contributed by atoms with Crippen molar-refractivity contribution in [1.82, 2.24) is 0 Å². The Labute approximate surface area is 71.7 Å². The average molecular weight is 196 g/mol. The minimum atomic E-state index is 0.0666. The lowest BCUT2D eigenvalue weighted by Crippen LogP contribution is -1.83. The van der Waals surface area contributed by atoms with E-state index in [0.717, 1.165) is 0 Å². The van der Waals surface area contributed by atoms with Gasteiger partial charge in [0, 0.05) is 0 Å². The molecule has 2 nitrogen and oxygen atoms in total. The second kappa shape index (κ2) is 3.23. The Hall–Kier alpha value is -0.250. The van der Waals surface area contributed by atoms with Crippen LogP contribution in [0.5, 0.6) is 0 Å². The largest absolute Gasteiger partial charge is 0.410 e. The summed E-state index contributed by atoms with van der Waals surface area (Å²) in [5, 5.41) is 11.1. The van der Waals surface area contributed by atoms with Crippen LogP contribution in [0, 0.1) is 0 Å². The van der Waals surface area contributed by atoms with Gasteiger partial charge in [-0.05, 0) is 12.1 Å². The summed E-state index contributed by atoms with van der Waals surface area (Å²) in [5.41, 5.74) is 0. The van der Waals surface area contributed by atoms with Gasteiger partial charge in [-0.25, -0.2) is 0 Å². The van der Waals surface area contributed by atoms with Crippen LogP contribution in [-0.2, 0) is 0 Å². The van der Waals surface area contributed by atoms with Gasteiger partial charge in [-0.2, -0.15) is 0 Å². The fraction of sp³-hybridized carbons (Fsp3) is 0. The first kappa shape index (κ1) is 7.85. The molecule has 0 atom stereocenters. The molecule has 0 aliphatic heterocycles.